The van der Waals surface area contributed by atoms with Gasteiger partial charge < -0.3 is 14.8 Å². The van der Waals surface area contributed by atoms with Crippen LogP contribution in [0.3, 0.4) is 0 Å². The van der Waals surface area contributed by atoms with E-state index in [2.05, 4.69) is 29.3 Å². The van der Waals surface area contributed by atoms with E-state index in [9.17, 15) is 0 Å². The fourth-order valence-electron chi connectivity index (χ4n) is 3.33. The Morgan fingerprint density at radius 1 is 1.26 bits per heavy atom. The van der Waals surface area contributed by atoms with Crippen molar-refractivity contribution in [2.45, 2.75) is 32.4 Å². The molecule has 0 amide bonds. The summed E-state index contributed by atoms with van der Waals surface area (Å²) >= 11 is 6.39. The lowest BCUT2D eigenvalue weighted by Crippen LogP contribution is -2.35. The van der Waals surface area contributed by atoms with Crippen molar-refractivity contribution in [3.63, 3.8) is 0 Å². The Morgan fingerprint density at radius 3 is 2.83 bits per heavy atom. The zero-order valence-electron chi connectivity index (χ0n) is 13.9. The molecule has 0 bridgehead atoms. The van der Waals surface area contributed by atoms with Crippen LogP contribution in [0.15, 0.2) is 18.2 Å². The van der Waals surface area contributed by atoms with Crippen LogP contribution >= 0.6 is 11.6 Å². The second-order valence-electron chi connectivity index (χ2n) is 6.60. The highest BCUT2D eigenvalue weighted by molar-refractivity contribution is 6.31. The summed E-state index contributed by atoms with van der Waals surface area (Å²) in [6, 6.07) is 6.68. The van der Waals surface area contributed by atoms with Crippen LogP contribution in [0.2, 0.25) is 5.02 Å². The molecule has 0 aromatic heterocycles. The molecule has 3 rings (SSSR count). The van der Waals surface area contributed by atoms with Crippen LogP contribution in [0, 0.1) is 5.92 Å². The van der Waals surface area contributed by atoms with Gasteiger partial charge in [0.2, 0.25) is 0 Å². The molecule has 0 spiro atoms. The van der Waals surface area contributed by atoms with Gasteiger partial charge in [-0.2, -0.15) is 0 Å². The third kappa shape index (κ3) is 4.83. The number of rotatable bonds is 5. The Labute approximate surface area is 144 Å². The second kappa shape index (κ2) is 8.34. The fraction of sp³-hybridized carbons (Fsp3) is 0.667. The highest BCUT2D eigenvalue weighted by Crippen LogP contribution is 2.25. The summed E-state index contributed by atoms with van der Waals surface area (Å²) < 4.78 is 11.0. The summed E-state index contributed by atoms with van der Waals surface area (Å²) in [5.41, 5.74) is 2.33. The van der Waals surface area contributed by atoms with Gasteiger partial charge in [-0.1, -0.05) is 11.6 Å². The van der Waals surface area contributed by atoms with Crippen molar-refractivity contribution < 1.29 is 9.47 Å². The van der Waals surface area contributed by atoms with Crippen molar-refractivity contribution in [2.24, 2.45) is 5.92 Å². The van der Waals surface area contributed by atoms with Crippen molar-refractivity contribution in [3.8, 4) is 0 Å². The maximum Gasteiger partial charge on any atom is 0.0594 e. The number of nitrogens with one attached hydrogen (secondary N) is 1. The Kier molecular flexibility index (Phi) is 6.17. The molecular weight excluding hydrogens is 312 g/mol. The van der Waals surface area contributed by atoms with Gasteiger partial charge in [-0.3, -0.25) is 4.90 Å². The monoisotopic (exact) mass is 338 g/mol. The Bertz CT molecular complexity index is 500. The van der Waals surface area contributed by atoms with E-state index in [-0.39, 0.29) is 0 Å². The van der Waals surface area contributed by atoms with Crippen molar-refractivity contribution in [3.05, 3.63) is 28.8 Å². The fourth-order valence-corrected chi connectivity index (χ4v) is 3.50. The largest absolute Gasteiger partial charge is 0.382 e. The molecule has 0 aliphatic carbocycles. The molecule has 0 saturated carbocycles. The number of hydrogen-bond acceptors (Lipinski definition) is 4. The third-order valence-corrected chi connectivity index (χ3v) is 5.21. The van der Waals surface area contributed by atoms with Crippen LogP contribution < -0.4 is 5.32 Å². The summed E-state index contributed by atoms with van der Waals surface area (Å²) in [6.45, 7) is 8.49. The average Bonchev–Trinajstić information content (AvgIpc) is 2.59. The highest BCUT2D eigenvalue weighted by Gasteiger charge is 2.21. The van der Waals surface area contributed by atoms with Crippen molar-refractivity contribution in [1.29, 1.82) is 0 Å². The number of morpholine rings is 1. The second-order valence-corrected chi connectivity index (χ2v) is 7.01. The highest BCUT2D eigenvalue weighted by atomic mass is 35.5. The molecule has 1 aromatic rings. The normalized spacial score (nSPS) is 24.3. The maximum atomic E-state index is 6.39. The zero-order chi connectivity index (χ0) is 16.1. The van der Waals surface area contributed by atoms with Gasteiger partial charge in [-0.15, -0.1) is 0 Å². The molecule has 0 radical (unpaired) electrons. The minimum atomic E-state index is 0.410. The SMILES string of the molecule is CC(Nc1ccc(Cl)c(CN2CCOCC2)c1)C1CCCOC1. The van der Waals surface area contributed by atoms with Crippen molar-refractivity contribution in [1.82, 2.24) is 4.90 Å². The number of nitrogens with zero attached hydrogens (tertiary/aromatic N) is 1. The molecule has 2 aliphatic heterocycles. The number of benzene rings is 1. The quantitative estimate of drug-likeness (QED) is 0.892. The number of ether oxygens (including phenoxy) is 2. The molecule has 2 saturated heterocycles. The molecule has 1 N–H and O–H groups in total. The van der Waals surface area contributed by atoms with E-state index in [0.717, 1.165) is 56.8 Å². The topological polar surface area (TPSA) is 33.7 Å². The van der Waals surface area contributed by atoms with E-state index in [0.29, 0.717) is 12.0 Å². The van der Waals surface area contributed by atoms with E-state index in [1.807, 2.05) is 6.07 Å². The van der Waals surface area contributed by atoms with Gasteiger partial charge in [0.05, 0.1) is 19.8 Å². The smallest absolute Gasteiger partial charge is 0.0594 e. The minimum Gasteiger partial charge on any atom is -0.382 e. The maximum absolute atomic E-state index is 6.39. The summed E-state index contributed by atoms with van der Waals surface area (Å²) in [5, 5.41) is 4.48. The van der Waals surface area contributed by atoms with Crippen LogP contribution in [-0.4, -0.2) is 50.5 Å². The summed E-state index contributed by atoms with van der Waals surface area (Å²) in [4.78, 5) is 2.40. The zero-order valence-corrected chi connectivity index (χ0v) is 14.6. The van der Waals surface area contributed by atoms with E-state index in [1.54, 1.807) is 0 Å². The predicted molar refractivity (Wildman–Crippen MR) is 94.2 cm³/mol. The van der Waals surface area contributed by atoms with Gasteiger partial charge in [0.1, 0.15) is 0 Å². The standard InChI is InChI=1S/C18H27ClN2O2/c1-14(15-3-2-8-23-13-15)20-17-4-5-18(19)16(11-17)12-21-6-9-22-10-7-21/h4-5,11,14-15,20H,2-3,6-10,12-13H2,1H3. The van der Waals surface area contributed by atoms with Gasteiger partial charge in [-0.25, -0.2) is 0 Å². The molecule has 5 heteroatoms. The van der Waals surface area contributed by atoms with Crippen LogP contribution in [0.4, 0.5) is 5.69 Å². The van der Waals surface area contributed by atoms with Crippen LogP contribution in [0.25, 0.3) is 0 Å². The summed E-state index contributed by atoms with van der Waals surface area (Å²) in [6.07, 6.45) is 2.40. The average molecular weight is 339 g/mol. The molecule has 2 fully saturated rings. The summed E-state index contributed by atoms with van der Waals surface area (Å²) in [7, 11) is 0. The van der Waals surface area contributed by atoms with Gasteiger partial charge >= 0.3 is 0 Å². The first-order chi connectivity index (χ1) is 11.2. The van der Waals surface area contributed by atoms with Crippen molar-refractivity contribution >= 4 is 17.3 Å². The molecule has 23 heavy (non-hydrogen) atoms. The van der Waals surface area contributed by atoms with Crippen LogP contribution in [0.5, 0.6) is 0 Å². The molecule has 2 unspecified atom stereocenters. The predicted octanol–water partition coefficient (Wildman–Crippen LogP) is 3.40. The first kappa shape index (κ1) is 17.0. The Morgan fingerprint density at radius 2 is 2.09 bits per heavy atom. The number of halogens is 1. The molecule has 2 aliphatic rings. The van der Waals surface area contributed by atoms with E-state index in [4.69, 9.17) is 21.1 Å². The van der Waals surface area contributed by atoms with Crippen molar-refractivity contribution in [2.75, 3.05) is 44.8 Å². The first-order valence-electron chi connectivity index (χ1n) is 8.65. The Balaban J connectivity index is 1.61. The number of hydrogen-bond donors (Lipinski definition) is 1. The third-order valence-electron chi connectivity index (χ3n) is 4.84. The molecule has 128 valence electrons. The lowest BCUT2D eigenvalue weighted by Gasteiger charge is -2.30. The van der Waals surface area contributed by atoms with Gasteiger partial charge in [0, 0.05) is 48.9 Å². The van der Waals surface area contributed by atoms with E-state index >= 15 is 0 Å². The molecule has 4 nitrogen and oxygen atoms in total. The Hall–Kier alpha value is -0.810. The van der Waals surface area contributed by atoms with Crippen LogP contribution in [0.1, 0.15) is 25.3 Å². The molecule has 1 aromatic carbocycles. The first-order valence-corrected chi connectivity index (χ1v) is 9.03. The lowest BCUT2D eigenvalue weighted by molar-refractivity contribution is 0.0342. The molecule has 2 heterocycles. The van der Waals surface area contributed by atoms with E-state index < -0.39 is 0 Å². The number of anilines is 1. The van der Waals surface area contributed by atoms with Crippen LogP contribution in [-0.2, 0) is 16.0 Å². The molecular formula is C18H27ClN2O2. The minimum absolute atomic E-state index is 0.410. The lowest BCUT2D eigenvalue weighted by atomic mass is 9.94. The van der Waals surface area contributed by atoms with Gasteiger partial charge in [0.15, 0.2) is 0 Å². The summed E-state index contributed by atoms with van der Waals surface area (Å²) in [5.74, 6) is 0.585. The van der Waals surface area contributed by atoms with Gasteiger partial charge in [-0.05, 0) is 43.5 Å². The molecule has 2 atom stereocenters. The van der Waals surface area contributed by atoms with Gasteiger partial charge in [0.25, 0.3) is 0 Å². The van der Waals surface area contributed by atoms with E-state index in [1.165, 1.54) is 18.4 Å².